The molecule has 0 radical (unpaired) electrons. The Morgan fingerprint density at radius 3 is 2.47 bits per heavy atom. The van der Waals surface area contributed by atoms with Gasteiger partial charge in [0.05, 0.1) is 13.2 Å². The highest BCUT2D eigenvalue weighted by Crippen LogP contribution is 2.32. The molecule has 0 aromatic heterocycles. The molecule has 1 amide bonds. The predicted octanol–water partition coefficient (Wildman–Crippen LogP) is 2.77. The number of ether oxygens (including phenoxy) is 1. The van der Waals surface area contributed by atoms with Gasteiger partial charge in [-0.2, -0.15) is 0 Å². The van der Waals surface area contributed by atoms with Crippen molar-refractivity contribution in [2.45, 2.75) is 38.0 Å². The SMILES string of the molecule is CN=C(NCC1CCOc2ccccc21)N1CCN(CC(=O)N2CCCCCC2)CC1.I. The number of benzene rings is 1. The summed E-state index contributed by atoms with van der Waals surface area (Å²) in [5.41, 5.74) is 1.29. The molecule has 2 saturated heterocycles. The van der Waals surface area contributed by atoms with Crippen molar-refractivity contribution in [3.63, 3.8) is 0 Å². The molecule has 2 fully saturated rings. The Morgan fingerprint density at radius 2 is 1.75 bits per heavy atom. The van der Waals surface area contributed by atoms with Crippen molar-refractivity contribution in [2.24, 2.45) is 4.99 Å². The van der Waals surface area contributed by atoms with E-state index in [9.17, 15) is 4.79 Å². The molecule has 1 aromatic rings. The van der Waals surface area contributed by atoms with Crippen LogP contribution in [0.3, 0.4) is 0 Å². The Labute approximate surface area is 209 Å². The van der Waals surface area contributed by atoms with Crippen molar-refractivity contribution < 1.29 is 9.53 Å². The van der Waals surface area contributed by atoms with Crippen molar-refractivity contribution in [2.75, 3.05) is 66.0 Å². The van der Waals surface area contributed by atoms with E-state index in [0.29, 0.717) is 18.4 Å². The third-order valence-electron chi connectivity index (χ3n) is 6.79. The summed E-state index contributed by atoms with van der Waals surface area (Å²) in [4.78, 5) is 23.9. The second-order valence-corrected chi connectivity index (χ2v) is 8.86. The van der Waals surface area contributed by atoms with Crippen LogP contribution in [0.1, 0.15) is 43.6 Å². The summed E-state index contributed by atoms with van der Waals surface area (Å²) in [7, 11) is 1.86. The lowest BCUT2D eigenvalue weighted by Gasteiger charge is -2.37. The van der Waals surface area contributed by atoms with Crippen molar-refractivity contribution in [1.29, 1.82) is 0 Å². The Balaban J connectivity index is 0.00000289. The van der Waals surface area contributed by atoms with Crippen LogP contribution in [0.5, 0.6) is 5.75 Å². The van der Waals surface area contributed by atoms with Crippen LogP contribution in [-0.4, -0.2) is 92.6 Å². The number of halogens is 1. The smallest absolute Gasteiger partial charge is 0.236 e. The largest absolute Gasteiger partial charge is 0.493 e. The topological polar surface area (TPSA) is 60.4 Å². The highest BCUT2D eigenvalue weighted by Gasteiger charge is 2.25. The Bertz CT molecular complexity index is 759. The van der Waals surface area contributed by atoms with Gasteiger partial charge in [0.1, 0.15) is 5.75 Å². The molecular weight excluding hydrogens is 517 g/mol. The van der Waals surface area contributed by atoms with Crippen LogP contribution in [0.2, 0.25) is 0 Å². The van der Waals surface area contributed by atoms with Crippen LogP contribution < -0.4 is 10.1 Å². The number of fused-ring (bicyclic) bond motifs is 1. The molecule has 178 valence electrons. The van der Waals surface area contributed by atoms with Gasteiger partial charge >= 0.3 is 0 Å². The second-order valence-electron chi connectivity index (χ2n) is 8.86. The first-order chi connectivity index (χ1) is 15.2. The molecule has 1 aromatic carbocycles. The summed E-state index contributed by atoms with van der Waals surface area (Å²) in [6, 6.07) is 8.35. The van der Waals surface area contributed by atoms with E-state index in [-0.39, 0.29) is 24.0 Å². The van der Waals surface area contributed by atoms with Crippen LogP contribution in [0.4, 0.5) is 0 Å². The van der Waals surface area contributed by atoms with E-state index in [2.05, 4.69) is 43.2 Å². The van der Waals surface area contributed by atoms with Crippen molar-refractivity contribution >= 4 is 35.8 Å². The lowest BCUT2D eigenvalue weighted by atomic mass is 9.93. The van der Waals surface area contributed by atoms with Gasteiger partial charge in [-0.3, -0.25) is 14.7 Å². The molecule has 32 heavy (non-hydrogen) atoms. The molecule has 1 N–H and O–H groups in total. The highest BCUT2D eigenvalue weighted by molar-refractivity contribution is 14.0. The molecule has 4 rings (SSSR count). The van der Waals surface area contributed by atoms with E-state index in [0.717, 1.165) is 83.4 Å². The Kier molecular flexibility index (Phi) is 9.90. The van der Waals surface area contributed by atoms with Gasteiger partial charge in [0.15, 0.2) is 5.96 Å². The molecule has 0 bridgehead atoms. The number of aliphatic imine (C=N–C) groups is 1. The molecule has 1 unspecified atom stereocenters. The lowest BCUT2D eigenvalue weighted by Crippen LogP contribution is -2.54. The van der Waals surface area contributed by atoms with E-state index in [1.807, 2.05) is 13.1 Å². The van der Waals surface area contributed by atoms with Gasteiger partial charge in [-0.05, 0) is 30.9 Å². The van der Waals surface area contributed by atoms with Crippen molar-refractivity contribution in [3.05, 3.63) is 29.8 Å². The van der Waals surface area contributed by atoms with Gasteiger partial charge in [0, 0.05) is 58.8 Å². The Morgan fingerprint density at radius 1 is 1.03 bits per heavy atom. The van der Waals surface area contributed by atoms with Gasteiger partial charge in [-0.1, -0.05) is 31.0 Å². The minimum atomic E-state index is 0. The van der Waals surface area contributed by atoms with Crippen LogP contribution >= 0.6 is 24.0 Å². The average molecular weight is 556 g/mol. The lowest BCUT2D eigenvalue weighted by molar-refractivity contribution is -0.132. The van der Waals surface area contributed by atoms with E-state index >= 15 is 0 Å². The number of nitrogens with one attached hydrogen (secondary N) is 1. The van der Waals surface area contributed by atoms with Crippen molar-refractivity contribution in [3.8, 4) is 5.75 Å². The number of nitrogens with zero attached hydrogens (tertiary/aromatic N) is 4. The fraction of sp³-hybridized carbons (Fsp3) is 0.667. The molecule has 0 aliphatic carbocycles. The quantitative estimate of drug-likeness (QED) is 0.352. The molecule has 3 aliphatic heterocycles. The summed E-state index contributed by atoms with van der Waals surface area (Å²) in [6.07, 6.45) is 5.84. The van der Waals surface area contributed by atoms with E-state index < -0.39 is 0 Å². The fourth-order valence-corrected chi connectivity index (χ4v) is 4.90. The van der Waals surface area contributed by atoms with Gasteiger partial charge < -0.3 is 19.9 Å². The number of hydrogen-bond acceptors (Lipinski definition) is 4. The van der Waals surface area contributed by atoms with Gasteiger partial charge in [0.25, 0.3) is 0 Å². The number of guanidine groups is 1. The standard InChI is InChI=1S/C24H37N5O2.HI/c1-25-24(26-18-20-10-17-31-22-9-5-4-8-21(20)22)29-15-13-27(14-16-29)19-23(30)28-11-6-2-3-7-12-28;/h4-5,8-9,20H,2-3,6-7,10-19H2,1H3,(H,25,26);1H. The van der Waals surface area contributed by atoms with Crippen molar-refractivity contribution in [1.82, 2.24) is 20.0 Å². The zero-order valence-electron chi connectivity index (χ0n) is 19.3. The predicted molar refractivity (Wildman–Crippen MR) is 139 cm³/mol. The number of piperazine rings is 1. The maximum atomic E-state index is 12.7. The summed E-state index contributed by atoms with van der Waals surface area (Å²) in [6.45, 7) is 7.66. The zero-order valence-corrected chi connectivity index (χ0v) is 21.6. The minimum absolute atomic E-state index is 0. The van der Waals surface area contributed by atoms with E-state index in [1.54, 1.807) is 0 Å². The molecular formula is C24H38IN5O2. The summed E-state index contributed by atoms with van der Waals surface area (Å²) in [5.74, 6) is 2.71. The third-order valence-corrected chi connectivity index (χ3v) is 6.79. The zero-order chi connectivity index (χ0) is 21.5. The normalized spacial score (nSPS) is 22.3. The first-order valence-electron chi connectivity index (χ1n) is 11.9. The molecule has 8 heteroatoms. The van der Waals surface area contributed by atoms with E-state index in [1.165, 1.54) is 18.4 Å². The molecule has 7 nitrogen and oxygen atoms in total. The van der Waals surface area contributed by atoms with Crippen LogP contribution in [0.25, 0.3) is 0 Å². The Hall–Kier alpha value is -1.55. The maximum absolute atomic E-state index is 12.7. The molecule has 0 saturated carbocycles. The second kappa shape index (κ2) is 12.6. The molecule has 1 atom stereocenters. The summed E-state index contributed by atoms with van der Waals surface area (Å²) < 4.78 is 5.79. The van der Waals surface area contributed by atoms with Gasteiger partial charge in [-0.25, -0.2) is 0 Å². The maximum Gasteiger partial charge on any atom is 0.236 e. The van der Waals surface area contributed by atoms with Gasteiger partial charge in [0.2, 0.25) is 5.91 Å². The van der Waals surface area contributed by atoms with Crippen LogP contribution in [0.15, 0.2) is 29.3 Å². The monoisotopic (exact) mass is 555 g/mol. The molecule has 0 spiro atoms. The first kappa shape index (κ1) is 25.1. The number of carbonyl (C=O) groups excluding carboxylic acids is 1. The molecule has 3 aliphatic rings. The number of rotatable bonds is 4. The van der Waals surface area contributed by atoms with Crippen LogP contribution in [0, 0.1) is 0 Å². The fourth-order valence-electron chi connectivity index (χ4n) is 4.90. The number of amides is 1. The van der Waals surface area contributed by atoms with Gasteiger partial charge in [-0.15, -0.1) is 24.0 Å². The highest BCUT2D eigenvalue weighted by atomic mass is 127. The number of para-hydroxylation sites is 1. The number of likely N-dealkylation sites (tertiary alicyclic amines) is 1. The van der Waals surface area contributed by atoms with E-state index in [4.69, 9.17) is 4.74 Å². The summed E-state index contributed by atoms with van der Waals surface area (Å²) in [5, 5.41) is 3.59. The van der Waals surface area contributed by atoms with Crippen LogP contribution in [-0.2, 0) is 4.79 Å². The average Bonchev–Trinajstić information content (AvgIpc) is 3.10. The minimum Gasteiger partial charge on any atom is -0.493 e. The number of hydrogen-bond donors (Lipinski definition) is 1. The summed E-state index contributed by atoms with van der Waals surface area (Å²) >= 11 is 0. The molecule has 3 heterocycles. The number of carbonyl (C=O) groups is 1. The first-order valence-corrected chi connectivity index (χ1v) is 11.9. The third kappa shape index (κ3) is 6.50.